The van der Waals surface area contributed by atoms with Crippen LogP contribution in [-0.4, -0.2) is 30.6 Å². The standard InChI is InChI=1S/C18H22ClNO/c1-20(2)12-11-18(21,14-15-7-4-3-5-8-15)16-9-6-10-17(19)13-16/h3-10,13,21H,11-12,14H2,1-2H3. The van der Waals surface area contributed by atoms with Crippen molar-refractivity contribution in [2.45, 2.75) is 18.4 Å². The quantitative estimate of drug-likeness (QED) is 0.879. The highest BCUT2D eigenvalue weighted by Crippen LogP contribution is 2.31. The van der Waals surface area contributed by atoms with Crippen molar-refractivity contribution >= 4 is 11.6 Å². The van der Waals surface area contributed by atoms with Gasteiger partial charge < -0.3 is 10.0 Å². The molecule has 0 fully saturated rings. The molecule has 2 aromatic carbocycles. The minimum atomic E-state index is -0.906. The first-order chi connectivity index (χ1) is 9.99. The molecule has 2 nitrogen and oxygen atoms in total. The van der Waals surface area contributed by atoms with Crippen molar-refractivity contribution in [1.82, 2.24) is 4.90 Å². The summed E-state index contributed by atoms with van der Waals surface area (Å²) in [5, 5.41) is 11.9. The van der Waals surface area contributed by atoms with Gasteiger partial charge >= 0.3 is 0 Å². The molecule has 0 amide bonds. The number of hydrogen-bond donors (Lipinski definition) is 1. The number of benzene rings is 2. The highest BCUT2D eigenvalue weighted by atomic mass is 35.5. The van der Waals surface area contributed by atoms with Crippen LogP contribution in [0.3, 0.4) is 0 Å². The van der Waals surface area contributed by atoms with Crippen LogP contribution >= 0.6 is 11.6 Å². The summed E-state index contributed by atoms with van der Waals surface area (Å²) in [7, 11) is 4.03. The van der Waals surface area contributed by atoms with Gasteiger partial charge in [-0.3, -0.25) is 0 Å². The molecule has 0 aliphatic rings. The van der Waals surface area contributed by atoms with Crippen molar-refractivity contribution in [3.8, 4) is 0 Å². The van der Waals surface area contributed by atoms with E-state index in [1.165, 1.54) is 0 Å². The summed E-state index contributed by atoms with van der Waals surface area (Å²) in [5.41, 5.74) is 1.09. The Labute approximate surface area is 132 Å². The second-order valence-electron chi connectivity index (χ2n) is 5.76. The number of halogens is 1. The van der Waals surface area contributed by atoms with E-state index in [1.807, 2.05) is 68.7 Å². The van der Waals surface area contributed by atoms with E-state index in [2.05, 4.69) is 4.90 Å². The zero-order valence-electron chi connectivity index (χ0n) is 12.6. The first-order valence-corrected chi connectivity index (χ1v) is 7.54. The summed E-state index contributed by atoms with van der Waals surface area (Å²) in [6, 6.07) is 17.6. The highest BCUT2D eigenvalue weighted by molar-refractivity contribution is 6.30. The average molecular weight is 304 g/mol. The van der Waals surface area contributed by atoms with E-state index in [1.54, 1.807) is 0 Å². The molecule has 0 aliphatic carbocycles. The average Bonchev–Trinajstić information content (AvgIpc) is 2.46. The van der Waals surface area contributed by atoms with Crippen molar-refractivity contribution in [1.29, 1.82) is 0 Å². The number of rotatable bonds is 6. The van der Waals surface area contributed by atoms with Gasteiger partial charge in [-0.05, 0) is 43.8 Å². The zero-order chi connectivity index (χ0) is 15.3. The molecule has 0 saturated heterocycles. The largest absolute Gasteiger partial charge is 0.385 e. The molecule has 0 aromatic heterocycles. The van der Waals surface area contributed by atoms with Gasteiger partial charge in [0.25, 0.3) is 0 Å². The second-order valence-corrected chi connectivity index (χ2v) is 6.19. The Morgan fingerprint density at radius 2 is 1.76 bits per heavy atom. The van der Waals surface area contributed by atoms with Gasteiger partial charge in [-0.2, -0.15) is 0 Å². The Kier molecular flexibility index (Phi) is 5.40. The predicted octanol–water partition coefficient (Wildman–Crippen LogP) is 3.72. The van der Waals surface area contributed by atoms with Gasteiger partial charge in [-0.25, -0.2) is 0 Å². The molecule has 0 aliphatic heterocycles. The van der Waals surface area contributed by atoms with Crippen LogP contribution in [0.25, 0.3) is 0 Å². The molecular weight excluding hydrogens is 282 g/mol. The third-order valence-corrected chi connectivity index (χ3v) is 3.91. The van der Waals surface area contributed by atoms with Gasteiger partial charge in [-0.1, -0.05) is 54.1 Å². The Balaban J connectivity index is 2.29. The molecule has 21 heavy (non-hydrogen) atoms. The number of nitrogens with zero attached hydrogens (tertiary/aromatic N) is 1. The maximum atomic E-state index is 11.2. The van der Waals surface area contributed by atoms with Crippen molar-refractivity contribution in [2.24, 2.45) is 0 Å². The van der Waals surface area contributed by atoms with E-state index in [9.17, 15) is 5.11 Å². The van der Waals surface area contributed by atoms with Gasteiger partial charge in [0.2, 0.25) is 0 Å². The Morgan fingerprint density at radius 3 is 2.38 bits per heavy atom. The fraction of sp³-hybridized carbons (Fsp3) is 0.333. The third kappa shape index (κ3) is 4.57. The lowest BCUT2D eigenvalue weighted by atomic mass is 9.84. The molecule has 0 saturated carbocycles. The van der Waals surface area contributed by atoms with Gasteiger partial charge in [-0.15, -0.1) is 0 Å². The monoisotopic (exact) mass is 303 g/mol. The minimum absolute atomic E-state index is 0.585. The van der Waals surface area contributed by atoms with Crippen LogP contribution in [0.15, 0.2) is 54.6 Å². The lowest BCUT2D eigenvalue weighted by Crippen LogP contribution is -2.32. The van der Waals surface area contributed by atoms with E-state index in [0.29, 0.717) is 17.9 Å². The molecule has 3 heteroatoms. The molecule has 112 valence electrons. The van der Waals surface area contributed by atoms with E-state index in [4.69, 9.17) is 11.6 Å². The highest BCUT2D eigenvalue weighted by Gasteiger charge is 2.29. The van der Waals surface area contributed by atoms with Gasteiger partial charge in [0.1, 0.15) is 0 Å². The van der Waals surface area contributed by atoms with Crippen molar-refractivity contribution in [3.05, 3.63) is 70.7 Å². The summed E-state index contributed by atoms with van der Waals surface area (Å²) in [5.74, 6) is 0. The van der Waals surface area contributed by atoms with Crippen LogP contribution in [0.2, 0.25) is 5.02 Å². The van der Waals surface area contributed by atoms with Gasteiger partial charge in [0.15, 0.2) is 0 Å². The first kappa shape index (κ1) is 16.0. The van der Waals surface area contributed by atoms with E-state index < -0.39 is 5.60 Å². The minimum Gasteiger partial charge on any atom is -0.385 e. The Bertz CT molecular complexity index is 570. The third-order valence-electron chi connectivity index (χ3n) is 3.67. The molecule has 0 radical (unpaired) electrons. The van der Waals surface area contributed by atoms with E-state index in [0.717, 1.165) is 17.7 Å². The summed E-state index contributed by atoms with van der Waals surface area (Å²) < 4.78 is 0. The molecule has 0 spiro atoms. The molecular formula is C18H22ClNO. The SMILES string of the molecule is CN(C)CCC(O)(Cc1ccccc1)c1cccc(Cl)c1. The smallest absolute Gasteiger partial charge is 0.0949 e. The van der Waals surface area contributed by atoms with Crippen molar-refractivity contribution in [2.75, 3.05) is 20.6 Å². The molecule has 2 aromatic rings. The van der Waals surface area contributed by atoms with Crippen molar-refractivity contribution in [3.63, 3.8) is 0 Å². The molecule has 1 atom stereocenters. The van der Waals surface area contributed by atoms with E-state index >= 15 is 0 Å². The van der Waals surface area contributed by atoms with Crippen LogP contribution in [0.5, 0.6) is 0 Å². The Hall–Kier alpha value is -1.35. The van der Waals surface area contributed by atoms with Gasteiger partial charge in [0, 0.05) is 18.0 Å². The summed E-state index contributed by atoms with van der Waals surface area (Å²) >= 11 is 6.10. The van der Waals surface area contributed by atoms with Gasteiger partial charge in [0.05, 0.1) is 5.60 Å². The van der Waals surface area contributed by atoms with Crippen molar-refractivity contribution < 1.29 is 5.11 Å². The molecule has 1 unspecified atom stereocenters. The summed E-state index contributed by atoms with van der Waals surface area (Å²) in [6.07, 6.45) is 1.25. The zero-order valence-corrected chi connectivity index (χ0v) is 13.3. The number of aliphatic hydroxyl groups is 1. The van der Waals surface area contributed by atoms with E-state index in [-0.39, 0.29) is 0 Å². The first-order valence-electron chi connectivity index (χ1n) is 7.17. The van der Waals surface area contributed by atoms with Crippen LogP contribution in [-0.2, 0) is 12.0 Å². The lowest BCUT2D eigenvalue weighted by Gasteiger charge is -2.30. The lowest BCUT2D eigenvalue weighted by molar-refractivity contribution is 0.0212. The fourth-order valence-electron chi connectivity index (χ4n) is 2.45. The van der Waals surface area contributed by atoms with Crippen LogP contribution in [0, 0.1) is 0 Å². The van der Waals surface area contributed by atoms with Crippen LogP contribution in [0.1, 0.15) is 17.5 Å². The molecule has 1 N–H and O–H groups in total. The topological polar surface area (TPSA) is 23.5 Å². The second kappa shape index (κ2) is 7.08. The maximum absolute atomic E-state index is 11.2. The number of hydrogen-bond acceptors (Lipinski definition) is 2. The fourth-order valence-corrected chi connectivity index (χ4v) is 2.65. The summed E-state index contributed by atoms with van der Waals surface area (Å²) in [6.45, 7) is 0.815. The van der Waals surface area contributed by atoms with Crippen LogP contribution in [0.4, 0.5) is 0 Å². The molecule has 2 rings (SSSR count). The molecule has 0 heterocycles. The molecule has 0 bridgehead atoms. The predicted molar refractivity (Wildman–Crippen MR) is 88.7 cm³/mol. The normalized spacial score (nSPS) is 14.1. The van der Waals surface area contributed by atoms with Crippen LogP contribution < -0.4 is 0 Å². The Morgan fingerprint density at radius 1 is 1.05 bits per heavy atom. The summed E-state index contributed by atoms with van der Waals surface area (Å²) in [4.78, 5) is 2.08. The maximum Gasteiger partial charge on any atom is 0.0949 e.